The molecule has 1 N–H and O–H groups in total. The number of hydrogen-bond donors (Lipinski definition) is 1. The number of fused-ring (bicyclic) bond motifs is 5. The molecule has 3 aliphatic rings. The fourth-order valence-electron chi connectivity index (χ4n) is 6.87. The molecule has 1 heterocycles. The Balaban J connectivity index is 1.08. The molecule has 7 heteroatoms. The number of nitrogens with one attached hydrogen (secondary N) is 1. The van der Waals surface area contributed by atoms with Crippen molar-refractivity contribution in [2.45, 2.75) is 31.7 Å². The lowest BCUT2D eigenvalue weighted by molar-refractivity contribution is -0.125. The highest BCUT2D eigenvalue weighted by atomic mass is 16.5. The van der Waals surface area contributed by atoms with E-state index in [-0.39, 0.29) is 47.1 Å². The van der Waals surface area contributed by atoms with Crippen LogP contribution in [0.5, 0.6) is 0 Å². The molecule has 2 bridgehead atoms. The normalized spacial score (nSPS) is 25.9. The molecule has 2 aliphatic carbocycles. The maximum atomic E-state index is 13.5. The van der Waals surface area contributed by atoms with Crippen LogP contribution in [0.1, 0.15) is 53.2 Å². The van der Waals surface area contributed by atoms with E-state index < -0.39 is 18.5 Å². The number of rotatable bonds is 7. The summed E-state index contributed by atoms with van der Waals surface area (Å²) in [5, 5.41) is 2.81. The zero-order chi connectivity index (χ0) is 27.1. The van der Waals surface area contributed by atoms with Gasteiger partial charge >= 0.3 is 5.97 Å². The predicted molar refractivity (Wildman–Crippen MR) is 145 cm³/mol. The number of anilines is 1. The number of imide groups is 1. The van der Waals surface area contributed by atoms with Crippen LogP contribution in [-0.4, -0.2) is 30.3 Å². The molecule has 198 valence electrons. The van der Waals surface area contributed by atoms with Gasteiger partial charge in [0.15, 0.2) is 6.61 Å². The average Bonchev–Trinajstić information content (AvgIpc) is 3.64. The first-order valence-corrected chi connectivity index (χ1v) is 13.5. The van der Waals surface area contributed by atoms with Crippen LogP contribution < -0.4 is 10.2 Å². The molecule has 2 saturated carbocycles. The quantitative estimate of drug-likeness (QED) is 0.360. The molecule has 3 aromatic carbocycles. The van der Waals surface area contributed by atoms with Crippen molar-refractivity contribution in [3.05, 3.63) is 102 Å². The molecular weight excluding hydrogens is 492 g/mol. The van der Waals surface area contributed by atoms with E-state index in [2.05, 4.69) is 17.4 Å². The first kappa shape index (κ1) is 25.0. The zero-order valence-corrected chi connectivity index (χ0v) is 21.7. The van der Waals surface area contributed by atoms with Crippen molar-refractivity contribution in [2.24, 2.45) is 23.7 Å². The summed E-state index contributed by atoms with van der Waals surface area (Å²) in [6.45, 7) is 1.45. The molecule has 0 spiro atoms. The smallest absolute Gasteiger partial charge is 0.338 e. The number of carbonyl (C=O) groups excluding carboxylic acids is 4. The van der Waals surface area contributed by atoms with Crippen LogP contribution in [0.15, 0.2) is 84.9 Å². The Hall–Kier alpha value is -4.26. The minimum absolute atomic E-state index is 0.136. The first-order chi connectivity index (χ1) is 18.9. The number of hydrogen-bond acceptors (Lipinski definition) is 5. The lowest BCUT2D eigenvalue weighted by Crippen LogP contribution is -2.33. The second-order valence-corrected chi connectivity index (χ2v) is 10.8. The Bertz CT molecular complexity index is 1410. The Kier molecular flexibility index (Phi) is 6.51. The molecule has 3 fully saturated rings. The predicted octanol–water partition coefficient (Wildman–Crippen LogP) is 4.65. The minimum Gasteiger partial charge on any atom is -0.452 e. The van der Waals surface area contributed by atoms with E-state index in [4.69, 9.17) is 4.74 Å². The number of amides is 3. The van der Waals surface area contributed by atoms with Gasteiger partial charge in [0.2, 0.25) is 11.8 Å². The van der Waals surface area contributed by atoms with Crippen molar-refractivity contribution in [3.8, 4) is 0 Å². The number of nitrogens with zero attached hydrogens (tertiary/aromatic N) is 1. The second kappa shape index (κ2) is 10.1. The van der Waals surface area contributed by atoms with E-state index in [9.17, 15) is 19.2 Å². The van der Waals surface area contributed by atoms with E-state index in [1.807, 2.05) is 55.5 Å². The molecule has 3 aromatic rings. The average molecular weight is 523 g/mol. The SMILES string of the molecule is C[C@H](NC(=O)COC(=O)c1ccc(N2C(=O)[C@@H]3[C@@H]4C[C@@H]([C@@H]3C2=O)[C@@H](c2ccccc2)C4)cc1)c1ccccc1. The highest BCUT2D eigenvalue weighted by Gasteiger charge is 2.64. The van der Waals surface area contributed by atoms with Crippen LogP contribution in [0, 0.1) is 23.7 Å². The minimum atomic E-state index is -0.649. The molecule has 39 heavy (non-hydrogen) atoms. The first-order valence-electron chi connectivity index (χ1n) is 13.5. The Morgan fingerprint density at radius 1 is 0.872 bits per heavy atom. The Morgan fingerprint density at radius 2 is 1.51 bits per heavy atom. The fraction of sp³-hybridized carbons (Fsp3) is 0.312. The highest BCUT2D eigenvalue weighted by Crippen LogP contribution is 2.61. The monoisotopic (exact) mass is 522 g/mol. The van der Waals surface area contributed by atoms with E-state index >= 15 is 0 Å². The van der Waals surface area contributed by atoms with Crippen molar-refractivity contribution in [1.82, 2.24) is 5.32 Å². The molecule has 6 rings (SSSR count). The van der Waals surface area contributed by atoms with Gasteiger partial charge in [-0.05, 0) is 72.9 Å². The maximum absolute atomic E-state index is 13.5. The summed E-state index contributed by atoms with van der Waals surface area (Å²) in [5.74, 6) is -1.18. The lowest BCUT2D eigenvalue weighted by atomic mass is 9.73. The van der Waals surface area contributed by atoms with E-state index in [0.717, 1.165) is 18.4 Å². The largest absolute Gasteiger partial charge is 0.452 e. The van der Waals surface area contributed by atoms with E-state index in [0.29, 0.717) is 11.6 Å². The standard InChI is InChI=1S/C32H30N2O5/c1-19(20-8-4-2-5-9-20)33-27(35)18-39-32(38)22-12-14-24(15-13-22)34-30(36)28-23-16-25(21-10-6-3-7-11-21)26(17-23)29(28)31(34)37/h2-15,19,23,25-26,28-29H,16-18H2,1H3,(H,33,35)/t19-,23-,25+,26+,28+,29-/m0/s1. The van der Waals surface area contributed by atoms with Crippen LogP contribution in [0.2, 0.25) is 0 Å². The van der Waals surface area contributed by atoms with Crippen LogP contribution in [0.25, 0.3) is 0 Å². The third-order valence-corrected chi connectivity index (χ3v) is 8.62. The van der Waals surface area contributed by atoms with E-state index in [1.165, 1.54) is 22.6 Å². The van der Waals surface area contributed by atoms with Gasteiger partial charge in [-0.2, -0.15) is 0 Å². The van der Waals surface area contributed by atoms with Crippen molar-refractivity contribution in [3.63, 3.8) is 0 Å². The number of esters is 1. The maximum Gasteiger partial charge on any atom is 0.338 e. The molecule has 1 saturated heterocycles. The van der Waals surface area contributed by atoms with Crippen LogP contribution in [0.4, 0.5) is 5.69 Å². The van der Waals surface area contributed by atoms with Gasteiger partial charge in [0.25, 0.3) is 5.91 Å². The molecule has 6 atom stereocenters. The lowest BCUT2D eigenvalue weighted by Gasteiger charge is -2.28. The summed E-state index contributed by atoms with van der Waals surface area (Å²) in [7, 11) is 0. The van der Waals surface area contributed by atoms with Gasteiger partial charge in [0.1, 0.15) is 0 Å². The third-order valence-electron chi connectivity index (χ3n) is 8.62. The van der Waals surface area contributed by atoms with Crippen molar-refractivity contribution < 1.29 is 23.9 Å². The van der Waals surface area contributed by atoms with Gasteiger partial charge in [-0.3, -0.25) is 19.3 Å². The highest BCUT2D eigenvalue weighted by molar-refractivity contribution is 6.22. The van der Waals surface area contributed by atoms with Gasteiger partial charge in [-0.25, -0.2) is 4.79 Å². The van der Waals surface area contributed by atoms with Crippen molar-refractivity contribution in [1.29, 1.82) is 0 Å². The summed E-state index contributed by atoms with van der Waals surface area (Å²) in [6.07, 6.45) is 1.86. The molecule has 1 aliphatic heterocycles. The third kappa shape index (κ3) is 4.52. The summed E-state index contributed by atoms with van der Waals surface area (Å²) in [5.41, 5.74) is 2.90. The summed E-state index contributed by atoms with van der Waals surface area (Å²) >= 11 is 0. The van der Waals surface area contributed by atoms with Gasteiger partial charge in [0.05, 0.1) is 29.1 Å². The number of benzene rings is 3. The molecule has 0 radical (unpaired) electrons. The summed E-state index contributed by atoms with van der Waals surface area (Å²) < 4.78 is 5.19. The summed E-state index contributed by atoms with van der Waals surface area (Å²) in [6, 6.07) is 25.8. The molecule has 7 nitrogen and oxygen atoms in total. The Labute approximate surface area is 227 Å². The zero-order valence-electron chi connectivity index (χ0n) is 21.7. The second-order valence-electron chi connectivity index (χ2n) is 10.8. The fourth-order valence-corrected chi connectivity index (χ4v) is 6.87. The number of carbonyl (C=O) groups is 4. The topological polar surface area (TPSA) is 92.8 Å². The Morgan fingerprint density at radius 3 is 2.21 bits per heavy atom. The van der Waals surface area contributed by atoms with Crippen LogP contribution >= 0.6 is 0 Å². The van der Waals surface area contributed by atoms with Crippen molar-refractivity contribution in [2.75, 3.05) is 11.5 Å². The molecule has 3 amide bonds. The molecule has 0 aromatic heterocycles. The molecule has 0 unspecified atom stereocenters. The van der Waals surface area contributed by atoms with Crippen LogP contribution in [0.3, 0.4) is 0 Å². The van der Waals surface area contributed by atoms with Gasteiger partial charge < -0.3 is 10.1 Å². The van der Waals surface area contributed by atoms with E-state index in [1.54, 1.807) is 12.1 Å². The number of ether oxygens (including phenoxy) is 1. The molecular formula is C32H30N2O5. The summed E-state index contributed by atoms with van der Waals surface area (Å²) in [4.78, 5) is 53.0. The van der Waals surface area contributed by atoms with Gasteiger partial charge in [-0.1, -0.05) is 60.7 Å². The van der Waals surface area contributed by atoms with Crippen molar-refractivity contribution >= 4 is 29.4 Å². The van der Waals surface area contributed by atoms with Gasteiger partial charge in [0, 0.05) is 0 Å². The van der Waals surface area contributed by atoms with Gasteiger partial charge in [-0.15, -0.1) is 0 Å². The van der Waals surface area contributed by atoms with Crippen LogP contribution in [-0.2, 0) is 19.1 Å².